The van der Waals surface area contributed by atoms with Crippen molar-refractivity contribution in [2.45, 2.75) is 47.1 Å². The molecule has 0 aromatic carbocycles. The summed E-state index contributed by atoms with van der Waals surface area (Å²) in [7, 11) is 0. The van der Waals surface area contributed by atoms with Crippen molar-refractivity contribution in [2.75, 3.05) is 19.7 Å². The Balaban J connectivity index is 0.000000921. The van der Waals surface area contributed by atoms with Crippen LogP contribution in [-0.4, -0.2) is 36.6 Å². The molecule has 0 saturated carbocycles. The van der Waals surface area contributed by atoms with Crippen LogP contribution in [-0.2, 0) is 9.53 Å². The van der Waals surface area contributed by atoms with Crippen molar-refractivity contribution >= 4 is 5.91 Å². The number of carbonyl (C=O) groups excluding carboxylic acids is 1. The highest BCUT2D eigenvalue weighted by atomic mass is 16.5. The smallest absolute Gasteiger partial charge is 0.219 e. The summed E-state index contributed by atoms with van der Waals surface area (Å²) in [5.41, 5.74) is 0. The van der Waals surface area contributed by atoms with Gasteiger partial charge >= 0.3 is 0 Å². The van der Waals surface area contributed by atoms with Crippen LogP contribution in [0.1, 0.15) is 41.0 Å². The Kier molecular flexibility index (Phi) is 7.39. The molecule has 0 bridgehead atoms. The summed E-state index contributed by atoms with van der Waals surface area (Å²) in [4.78, 5) is 13.1. The highest BCUT2D eigenvalue weighted by Gasteiger charge is 2.22. The number of amides is 1. The molecule has 3 heteroatoms. The van der Waals surface area contributed by atoms with E-state index in [2.05, 4.69) is 13.8 Å². The zero-order chi connectivity index (χ0) is 11.8. The molecule has 1 aliphatic rings. The largest absolute Gasteiger partial charge is 0.376 e. The fraction of sp³-hybridized carbons (Fsp3) is 0.917. The Hall–Kier alpha value is -0.570. The van der Waals surface area contributed by atoms with E-state index in [0.717, 1.165) is 26.1 Å². The van der Waals surface area contributed by atoms with Crippen LogP contribution >= 0.6 is 0 Å². The van der Waals surface area contributed by atoms with Crippen molar-refractivity contribution in [2.24, 2.45) is 5.92 Å². The second-order valence-electron chi connectivity index (χ2n) is 3.97. The second-order valence-corrected chi connectivity index (χ2v) is 3.97. The first kappa shape index (κ1) is 14.4. The van der Waals surface area contributed by atoms with Gasteiger partial charge in [0, 0.05) is 26.6 Å². The Morgan fingerprint density at radius 1 is 1.40 bits per heavy atom. The number of carbonyl (C=O) groups is 1. The molecule has 90 valence electrons. The van der Waals surface area contributed by atoms with Crippen LogP contribution in [0.3, 0.4) is 0 Å². The summed E-state index contributed by atoms with van der Waals surface area (Å²) in [6.45, 7) is 12.3. The molecule has 1 rings (SSSR count). The quantitative estimate of drug-likeness (QED) is 0.671. The van der Waals surface area contributed by atoms with Crippen LogP contribution in [0.5, 0.6) is 0 Å². The molecule has 0 N–H and O–H groups in total. The Morgan fingerprint density at radius 3 is 2.47 bits per heavy atom. The summed E-state index contributed by atoms with van der Waals surface area (Å²) in [6, 6.07) is 0. The summed E-state index contributed by atoms with van der Waals surface area (Å²) < 4.78 is 5.65. The molecule has 0 radical (unpaired) electrons. The van der Waals surface area contributed by atoms with E-state index in [-0.39, 0.29) is 12.0 Å². The SMILES string of the molecule is CC.CC(=O)N1CCCOC(C(C)C)C1. The van der Waals surface area contributed by atoms with Gasteiger partial charge in [-0.2, -0.15) is 0 Å². The standard InChI is InChI=1S/C10H19NO2.C2H6/c1-8(2)10-7-11(9(3)12)5-4-6-13-10;1-2/h8,10H,4-7H2,1-3H3;1-2H3. The zero-order valence-electron chi connectivity index (χ0n) is 10.7. The van der Waals surface area contributed by atoms with Crippen LogP contribution in [0, 0.1) is 5.92 Å². The monoisotopic (exact) mass is 215 g/mol. The van der Waals surface area contributed by atoms with Gasteiger partial charge < -0.3 is 9.64 Å². The van der Waals surface area contributed by atoms with E-state index in [9.17, 15) is 4.79 Å². The predicted molar refractivity (Wildman–Crippen MR) is 62.8 cm³/mol. The third-order valence-electron chi connectivity index (χ3n) is 2.49. The predicted octanol–water partition coefficient (Wildman–Crippen LogP) is 2.31. The maximum Gasteiger partial charge on any atom is 0.219 e. The van der Waals surface area contributed by atoms with E-state index in [4.69, 9.17) is 4.74 Å². The van der Waals surface area contributed by atoms with Gasteiger partial charge in [-0.3, -0.25) is 4.79 Å². The normalized spacial score (nSPS) is 21.7. The van der Waals surface area contributed by atoms with Crippen molar-refractivity contribution in [3.05, 3.63) is 0 Å². The van der Waals surface area contributed by atoms with Crippen LogP contribution in [0.15, 0.2) is 0 Å². The maximum absolute atomic E-state index is 11.2. The minimum atomic E-state index is 0.163. The molecule has 1 heterocycles. The molecule has 1 saturated heterocycles. The van der Waals surface area contributed by atoms with Crippen molar-refractivity contribution in [3.63, 3.8) is 0 Å². The number of nitrogens with zero attached hydrogens (tertiary/aromatic N) is 1. The molecule has 1 amide bonds. The third kappa shape index (κ3) is 5.17. The van der Waals surface area contributed by atoms with Gasteiger partial charge in [0.1, 0.15) is 0 Å². The van der Waals surface area contributed by atoms with E-state index in [1.165, 1.54) is 0 Å². The number of rotatable bonds is 1. The molecule has 3 nitrogen and oxygen atoms in total. The molecule has 0 aromatic rings. The van der Waals surface area contributed by atoms with Gasteiger partial charge in [0.25, 0.3) is 0 Å². The zero-order valence-corrected chi connectivity index (χ0v) is 10.7. The van der Waals surface area contributed by atoms with Crippen LogP contribution in [0.4, 0.5) is 0 Å². The molecular weight excluding hydrogens is 190 g/mol. The lowest BCUT2D eigenvalue weighted by atomic mass is 10.1. The Labute approximate surface area is 93.8 Å². The van der Waals surface area contributed by atoms with Gasteiger partial charge in [0.15, 0.2) is 0 Å². The lowest BCUT2D eigenvalue weighted by Gasteiger charge is -2.24. The highest BCUT2D eigenvalue weighted by molar-refractivity contribution is 5.73. The fourth-order valence-electron chi connectivity index (χ4n) is 1.54. The minimum Gasteiger partial charge on any atom is -0.376 e. The molecule has 0 spiro atoms. The van der Waals surface area contributed by atoms with Crippen LogP contribution in [0.25, 0.3) is 0 Å². The lowest BCUT2D eigenvalue weighted by Crippen LogP contribution is -2.37. The van der Waals surface area contributed by atoms with Gasteiger partial charge in [-0.1, -0.05) is 27.7 Å². The Morgan fingerprint density at radius 2 is 2.00 bits per heavy atom. The lowest BCUT2D eigenvalue weighted by molar-refractivity contribution is -0.129. The van der Waals surface area contributed by atoms with E-state index >= 15 is 0 Å². The summed E-state index contributed by atoms with van der Waals surface area (Å²) >= 11 is 0. The number of ether oxygens (including phenoxy) is 1. The first-order valence-electron chi connectivity index (χ1n) is 5.98. The minimum absolute atomic E-state index is 0.163. The first-order chi connectivity index (χ1) is 7.11. The van der Waals surface area contributed by atoms with Crippen molar-refractivity contribution < 1.29 is 9.53 Å². The van der Waals surface area contributed by atoms with Gasteiger partial charge in [-0.25, -0.2) is 0 Å². The summed E-state index contributed by atoms with van der Waals surface area (Å²) in [5, 5.41) is 0. The molecule has 15 heavy (non-hydrogen) atoms. The van der Waals surface area contributed by atoms with Crippen LogP contribution in [0.2, 0.25) is 0 Å². The molecule has 0 aliphatic carbocycles. The van der Waals surface area contributed by atoms with Gasteiger partial charge in [0.2, 0.25) is 5.91 Å². The molecule has 1 unspecified atom stereocenters. The average Bonchev–Trinajstić information content (AvgIpc) is 2.45. The molecule has 1 fully saturated rings. The molecule has 1 aliphatic heterocycles. The average molecular weight is 215 g/mol. The number of hydrogen-bond acceptors (Lipinski definition) is 2. The Bertz CT molecular complexity index is 180. The molecule has 1 atom stereocenters. The van der Waals surface area contributed by atoms with E-state index in [0.29, 0.717) is 5.92 Å². The molecular formula is C12H25NO2. The first-order valence-corrected chi connectivity index (χ1v) is 5.98. The maximum atomic E-state index is 11.2. The van der Waals surface area contributed by atoms with E-state index in [1.807, 2.05) is 18.7 Å². The number of hydrogen-bond donors (Lipinski definition) is 0. The summed E-state index contributed by atoms with van der Waals surface area (Å²) in [5.74, 6) is 0.649. The molecule has 0 aromatic heterocycles. The van der Waals surface area contributed by atoms with E-state index in [1.54, 1.807) is 6.92 Å². The van der Waals surface area contributed by atoms with Crippen molar-refractivity contribution in [1.29, 1.82) is 0 Å². The van der Waals surface area contributed by atoms with Gasteiger partial charge in [0.05, 0.1) is 6.10 Å². The topological polar surface area (TPSA) is 29.5 Å². The third-order valence-corrected chi connectivity index (χ3v) is 2.49. The van der Waals surface area contributed by atoms with Gasteiger partial charge in [-0.05, 0) is 12.3 Å². The fourth-order valence-corrected chi connectivity index (χ4v) is 1.54. The second kappa shape index (κ2) is 7.69. The van der Waals surface area contributed by atoms with Crippen LogP contribution < -0.4 is 0 Å². The van der Waals surface area contributed by atoms with Crippen molar-refractivity contribution in [3.8, 4) is 0 Å². The summed E-state index contributed by atoms with van der Waals surface area (Å²) in [6.07, 6.45) is 1.18. The van der Waals surface area contributed by atoms with Crippen molar-refractivity contribution in [1.82, 2.24) is 4.90 Å². The highest BCUT2D eigenvalue weighted by Crippen LogP contribution is 2.13. The van der Waals surface area contributed by atoms with Gasteiger partial charge in [-0.15, -0.1) is 0 Å². The van der Waals surface area contributed by atoms with E-state index < -0.39 is 0 Å².